The van der Waals surface area contributed by atoms with Crippen LogP contribution in [0.4, 0.5) is 0 Å². The van der Waals surface area contributed by atoms with E-state index in [4.69, 9.17) is 9.47 Å². The normalized spacial score (nSPS) is 15.6. The molecule has 0 spiro atoms. The van der Waals surface area contributed by atoms with Crippen LogP contribution in [-0.4, -0.2) is 18.0 Å². The van der Waals surface area contributed by atoms with Gasteiger partial charge in [-0.25, -0.2) is 0 Å². The highest BCUT2D eigenvalue weighted by Gasteiger charge is 2.17. The zero-order chi connectivity index (χ0) is 10.1. The summed E-state index contributed by atoms with van der Waals surface area (Å²) in [6.45, 7) is 4.06. The van der Waals surface area contributed by atoms with Crippen molar-refractivity contribution in [1.29, 1.82) is 0 Å². The molecule has 3 nitrogen and oxygen atoms in total. The smallest absolute Gasteiger partial charge is 0.231 e. The van der Waals surface area contributed by atoms with Crippen molar-refractivity contribution < 1.29 is 14.6 Å². The van der Waals surface area contributed by atoms with E-state index in [-0.39, 0.29) is 6.10 Å². The highest BCUT2D eigenvalue weighted by atomic mass is 16.7. The summed E-state index contributed by atoms with van der Waals surface area (Å²) in [5, 5.41) is 9.27. The Morgan fingerprint density at radius 2 is 2.21 bits per heavy atom. The topological polar surface area (TPSA) is 38.7 Å². The summed E-state index contributed by atoms with van der Waals surface area (Å²) in [5.41, 5.74) is 2.15. The lowest BCUT2D eigenvalue weighted by Crippen LogP contribution is -2.04. The van der Waals surface area contributed by atoms with Crippen molar-refractivity contribution in [2.24, 2.45) is 0 Å². The van der Waals surface area contributed by atoms with E-state index in [1.54, 1.807) is 6.92 Å². The van der Waals surface area contributed by atoms with Crippen molar-refractivity contribution in [3.63, 3.8) is 0 Å². The SMILES string of the molecule is Cc1cc(CC(C)O)cc2c1OCO2. The highest BCUT2D eigenvalue weighted by molar-refractivity contribution is 5.50. The van der Waals surface area contributed by atoms with Crippen LogP contribution < -0.4 is 9.47 Å². The first-order valence-corrected chi connectivity index (χ1v) is 4.74. The molecule has 1 unspecified atom stereocenters. The second kappa shape index (κ2) is 3.50. The summed E-state index contributed by atoms with van der Waals surface area (Å²) < 4.78 is 10.6. The van der Waals surface area contributed by atoms with Gasteiger partial charge in [0.15, 0.2) is 11.5 Å². The lowest BCUT2D eigenvalue weighted by Gasteiger charge is -2.07. The number of hydrogen-bond acceptors (Lipinski definition) is 3. The molecule has 1 aliphatic rings. The fraction of sp³-hybridized carbons (Fsp3) is 0.455. The van der Waals surface area contributed by atoms with E-state index in [9.17, 15) is 5.11 Å². The first kappa shape index (κ1) is 9.34. The fourth-order valence-electron chi connectivity index (χ4n) is 1.72. The van der Waals surface area contributed by atoms with E-state index in [1.807, 2.05) is 19.1 Å². The van der Waals surface area contributed by atoms with Gasteiger partial charge in [0, 0.05) is 0 Å². The van der Waals surface area contributed by atoms with E-state index in [2.05, 4.69) is 0 Å². The lowest BCUT2D eigenvalue weighted by atomic mass is 10.0. The number of aliphatic hydroxyl groups is 1. The molecule has 0 amide bonds. The summed E-state index contributed by atoms with van der Waals surface area (Å²) in [5.74, 6) is 1.62. The maximum Gasteiger partial charge on any atom is 0.231 e. The van der Waals surface area contributed by atoms with E-state index in [1.165, 1.54) is 0 Å². The van der Waals surface area contributed by atoms with Crippen LogP contribution in [0.3, 0.4) is 0 Å². The standard InChI is InChI=1S/C11H14O3/c1-7-3-9(4-8(2)12)5-10-11(7)14-6-13-10/h3,5,8,12H,4,6H2,1-2H3. The predicted octanol–water partition coefficient (Wildman–Crippen LogP) is 1.65. The van der Waals surface area contributed by atoms with Gasteiger partial charge in [0.2, 0.25) is 6.79 Å². The van der Waals surface area contributed by atoms with Gasteiger partial charge in [0.25, 0.3) is 0 Å². The van der Waals surface area contributed by atoms with Gasteiger partial charge in [0.05, 0.1) is 6.10 Å². The van der Waals surface area contributed by atoms with Crippen molar-refractivity contribution in [3.8, 4) is 11.5 Å². The predicted molar refractivity (Wildman–Crippen MR) is 52.7 cm³/mol. The summed E-state index contributed by atoms with van der Waals surface area (Å²) in [7, 11) is 0. The third-order valence-corrected chi connectivity index (χ3v) is 2.25. The molecule has 1 aromatic rings. The van der Waals surface area contributed by atoms with Crippen molar-refractivity contribution in [2.45, 2.75) is 26.4 Å². The average Bonchev–Trinajstić information content (AvgIpc) is 2.50. The van der Waals surface area contributed by atoms with Gasteiger partial charge in [-0.05, 0) is 37.5 Å². The van der Waals surface area contributed by atoms with E-state index < -0.39 is 0 Å². The Morgan fingerprint density at radius 1 is 1.43 bits per heavy atom. The molecule has 1 N–H and O–H groups in total. The minimum Gasteiger partial charge on any atom is -0.454 e. The van der Waals surface area contributed by atoms with E-state index in [0.29, 0.717) is 13.2 Å². The Morgan fingerprint density at radius 3 is 2.93 bits per heavy atom. The van der Waals surface area contributed by atoms with Crippen LogP contribution in [0.5, 0.6) is 11.5 Å². The summed E-state index contributed by atoms with van der Waals surface area (Å²) >= 11 is 0. The Hall–Kier alpha value is -1.22. The Kier molecular flexibility index (Phi) is 2.33. The Bertz CT molecular complexity index is 345. The number of hydrogen-bond donors (Lipinski definition) is 1. The third kappa shape index (κ3) is 1.68. The van der Waals surface area contributed by atoms with Crippen LogP contribution in [0.2, 0.25) is 0 Å². The molecule has 0 aromatic heterocycles. The number of fused-ring (bicyclic) bond motifs is 1. The van der Waals surface area contributed by atoms with Gasteiger partial charge in [0.1, 0.15) is 0 Å². The number of aliphatic hydroxyl groups excluding tert-OH is 1. The number of benzene rings is 1. The van der Waals surface area contributed by atoms with Gasteiger partial charge >= 0.3 is 0 Å². The zero-order valence-corrected chi connectivity index (χ0v) is 8.41. The molecule has 1 heterocycles. The highest BCUT2D eigenvalue weighted by Crippen LogP contribution is 2.36. The molecule has 0 saturated heterocycles. The first-order chi connectivity index (χ1) is 6.66. The zero-order valence-electron chi connectivity index (χ0n) is 8.41. The second-order valence-electron chi connectivity index (χ2n) is 3.70. The Labute approximate surface area is 83.3 Å². The van der Waals surface area contributed by atoms with Crippen LogP contribution in [0.25, 0.3) is 0 Å². The molecule has 1 atom stereocenters. The van der Waals surface area contributed by atoms with E-state index in [0.717, 1.165) is 22.6 Å². The van der Waals surface area contributed by atoms with Crippen LogP contribution in [0.15, 0.2) is 12.1 Å². The van der Waals surface area contributed by atoms with Gasteiger partial charge < -0.3 is 14.6 Å². The molecule has 2 rings (SSSR count). The average molecular weight is 194 g/mol. The van der Waals surface area contributed by atoms with Crippen LogP contribution in [0, 0.1) is 6.92 Å². The molecular weight excluding hydrogens is 180 g/mol. The number of aryl methyl sites for hydroxylation is 1. The van der Waals surface area contributed by atoms with Crippen molar-refractivity contribution in [3.05, 3.63) is 23.3 Å². The molecule has 0 bridgehead atoms. The Balaban J connectivity index is 2.32. The maximum absolute atomic E-state index is 9.27. The summed E-state index contributed by atoms with van der Waals surface area (Å²) in [6.07, 6.45) is 0.326. The van der Waals surface area contributed by atoms with Crippen LogP contribution in [0.1, 0.15) is 18.1 Å². The lowest BCUT2D eigenvalue weighted by molar-refractivity contribution is 0.173. The van der Waals surface area contributed by atoms with Crippen molar-refractivity contribution in [2.75, 3.05) is 6.79 Å². The first-order valence-electron chi connectivity index (χ1n) is 4.74. The molecule has 0 radical (unpaired) electrons. The van der Waals surface area contributed by atoms with Gasteiger partial charge in [-0.15, -0.1) is 0 Å². The van der Waals surface area contributed by atoms with Gasteiger partial charge in [-0.2, -0.15) is 0 Å². The third-order valence-electron chi connectivity index (χ3n) is 2.25. The minimum atomic E-state index is -0.324. The fourth-order valence-corrected chi connectivity index (χ4v) is 1.72. The summed E-state index contributed by atoms with van der Waals surface area (Å²) in [4.78, 5) is 0. The monoisotopic (exact) mass is 194 g/mol. The van der Waals surface area contributed by atoms with Crippen molar-refractivity contribution >= 4 is 0 Å². The molecule has 76 valence electrons. The molecule has 0 saturated carbocycles. The molecule has 0 aliphatic carbocycles. The maximum atomic E-state index is 9.27. The molecule has 0 fully saturated rings. The second-order valence-corrected chi connectivity index (χ2v) is 3.70. The summed E-state index contributed by atoms with van der Waals surface area (Å²) in [6, 6.07) is 3.96. The van der Waals surface area contributed by atoms with E-state index >= 15 is 0 Å². The molecular formula is C11H14O3. The number of rotatable bonds is 2. The molecule has 1 aliphatic heterocycles. The van der Waals surface area contributed by atoms with Crippen LogP contribution >= 0.6 is 0 Å². The largest absolute Gasteiger partial charge is 0.454 e. The molecule has 1 aromatic carbocycles. The van der Waals surface area contributed by atoms with Gasteiger partial charge in [-0.3, -0.25) is 0 Å². The minimum absolute atomic E-state index is 0.300. The molecule has 14 heavy (non-hydrogen) atoms. The molecule has 3 heteroatoms. The van der Waals surface area contributed by atoms with Crippen molar-refractivity contribution in [1.82, 2.24) is 0 Å². The number of ether oxygens (including phenoxy) is 2. The van der Waals surface area contributed by atoms with Gasteiger partial charge in [-0.1, -0.05) is 6.07 Å². The van der Waals surface area contributed by atoms with Crippen LogP contribution in [-0.2, 0) is 6.42 Å². The quantitative estimate of drug-likeness (QED) is 0.778.